The molecule has 0 unspecified atom stereocenters. The summed E-state index contributed by atoms with van der Waals surface area (Å²) in [5.41, 5.74) is 0.876. The molecule has 40 heavy (non-hydrogen) atoms. The molecule has 1 atom stereocenters. The molecule has 11 heteroatoms. The summed E-state index contributed by atoms with van der Waals surface area (Å²) in [5, 5.41) is 3.67. The predicted octanol–water partition coefficient (Wildman–Crippen LogP) is 5.53. The van der Waals surface area contributed by atoms with Gasteiger partial charge in [-0.15, -0.1) is 0 Å². The Labute approximate surface area is 245 Å². The number of hydrogen-bond donors (Lipinski definition) is 1. The second-order valence-electron chi connectivity index (χ2n) is 9.36. The Morgan fingerprint density at radius 2 is 1.60 bits per heavy atom. The Bertz CT molecular complexity index is 1430. The van der Waals surface area contributed by atoms with Crippen LogP contribution < -0.4 is 14.4 Å². The summed E-state index contributed by atoms with van der Waals surface area (Å²) >= 11 is 12.2. The van der Waals surface area contributed by atoms with Crippen LogP contribution in [0.1, 0.15) is 33.3 Å². The van der Waals surface area contributed by atoms with E-state index in [1.807, 2.05) is 13.8 Å². The van der Waals surface area contributed by atoms with Crippen LogP contribution in [0.3, 0.4) is 0 Å². The lowest BCUT2D eigenvalue weighted by Gasteiger charge is -2.32. The fourth-order valence-corrected chi connectivity index (χ4v) is 5.77. The third-order valence-electron chi connectivity index (χ3n) is 5.95. The number of hydrogen-bond acceptors (Lipinski definition) is 5. The Balaban J connectivity index is 2.09. The minimum Gasteiger partial charge on any atom is -0.492 e. The highest BCUT2D eigenvalue weighted by Gasteiger charge is 2.34. The highest BCUT2D eigenvalue weighted by molar-refractivity contribution is 7.92. The summed E-state index contributed by atoms with van der Waals surface area (Å²) < 4.78 is 34.7. The van der Waals surface area contributed by atoms with Crippen molar-refractivity contribution in [2.75, 3.05) is 17.5 Å². The Kier molecular flexibility index (Phi) is 10.8. The van der Waals surface area contributed by atoms with Crippen molar-refractivity contribution in [1.82, 2.24) is 10.2 Å². The number of nitrogens with one attached hydrogen (secondary N) is 1. The van der Waals surface area contributed by atoms with Gasteiger partial charge >= 0.3 is 0 Å². The van der Waals surface area contributed by atoms with Gasteiger partial charge in [0.1, 0.15) is 18.3 Å². The third kappa shape index (κ3) is 7.90. The molecule has 0 aliphatic heterocycles. The zero-order valence-corrected chi connectivity index (χ0v) is 25.1. The standard InChI is InChI=1S/C29H33Cl2N3O5S/c1-5-39-27-12-7-6-11-26(27)34(40(37,38)25-15-13-23(30)14-16-25)19-28(35)33(21(4)29(36)32-20(2)3)18-22-9-8-10-24(31)17-22/h6-17,20-21H,5,18-19H2,1-4H3,(H,32,36)/t21-/m1/s1. The Morgan fingerprint density at radius 1 is 0.925 bits per heavy atom. The average Bonchev–Trinajstić information content (AvgIpc) is 2.90. The monoisotopic (exact) mass is 605 g/mol. The molecule has 0 heterocycles. The Hall–Kier alpha value is -3.27. The predicted molar refractivity (Wildman–Crippen MR) is 158 cm³/mol. The molecule has 3 rings (SSSR count). The van der Waals surface area contributed by atoms with Gasteiger partial charge in [-0.3, -0.25) is 13.9 Å². The maximum absolute atomic E-state index is 14.0. The first-order valence-corrected chi connectivity index (χ1v) is 15.0. The minimum absolute atomic E-state index is 0.0357. The van der Waals surface area contributed by atoms with E-state index in [1.54, 1.807) is 62.4 Å². The normalized spacial score (nSPS) is 12.1. The summed E-state index contributed by atoms with van der Waals surface area (Å²) in [6.07, 6.45) is 0. The van der Waals surface area contributed by atoms with Gasteiger partial charge in [-0.2, -0.15) is 0 Å². The van der Waals surface area contributed by atoms with Crippen molar-refractivity contribution in [2.45, 2.75) is 51.2 Å². The molecule has 0 aliphatic rings. The lowest BCUT2D eigenvalue weighted by atomic mass is 10.1. The van der Waals surface area contributed by atoms with E-state index in [9.17, 15) is 18.0 Å². The number of halogens is 2. The van der Waals surface area contributed by atoms with Gasteiger partial charge in [-0.1, -0.05) is 47.5 Å². The van der Waals surface area contributed by atoms with Gasteiger partial charge in [0.2, 0.25) is 11.8 Å². The number of ether oxygens (including phenoxy) is 1. The van der Waals surface area contributed by atoms with Crippen molar-refractivity contribution in [3.8, 4) is 5.75 Å². The molecule has 8 nitrogen and oxygen atoms in total. The zero-order chi connectivity index (χ0) is 29.4. The summed E-state index contributed by atoms with van der Waals surface area (Å²) in [5.74, 6) is -0.662. The highest BCUT2D eigenvalue weighted by atomic mass is 35.5. The van der Waals surface area contributed by atoms with Gasteiger partial charge in [0.25, 0.3) is 10.0 Å². The second kappa shape index (κ2) is 13.9. The van der Waals surface area contributed by atoms with Gasteiger partial charge in [0.15, 0.2) is 0 Å². The molecule has 0 saturated carbocycles. The molecule has 0 aliphatic carbocycles. The lowest BCUT2D eigenvalue weighted by molar-refractivity contribution is -0.139. The topological polar surface area (TPSA) is 96.0 Å². The summed E-state index contributed by atoms with van der Waals surface area (Å²) in [7, 11) is -4.26. The van der Waals surface area contributed by atoms with E-state index in [-0.39, 0.29) is 35.7 Å². The number of sulfonamides is 1. The van der Waals surface area contributed by atoms with Crippen LogP contribution in [0.5, 0.6) is 5.75 Å². The smallest absolute Gasteiger partial charge is 0.264 e. The number of benzene rings is 3. The van der Waals surface area contributed by atoms with Crippen LogP contribution >= 0.6 is 23.2 Å². The van der Waals surface area contributed by atoms with E-state index in [0.29, 0.717) is 21.4 Å². The number of para-hydroxylation sites is 2. The molecule has 0 spiro atoms. The van der Waals surface area contributed by atoms with E-state index >= 15 is 0 Å². The van der Waals surface area contributed by atoms with Gasteiger partial charge in [0.05, 0.1) is 17.2 Å². The number of carbonyl (C=O) groups is 2. The largest absolute Gasteiger partial charge is 0.492 e. The molecular weight excluding hydrogens is 573 g/mol. The van der Waals surface area contributed by atoms with Crippen molar-refractivity contribution in [3.05, 3.63) is 88.4 Å². The van der Waals surface area contributed by atoms with Gasteiger partial charge in [-0.05, 0) is 81.8 Å². The van der Waals surface area contributed by atoms with Gasteiger partial charge < -0.3 is 15.0 Å². The quantitative estimate of drug-likeness (QED) is 0.293. The highest BCUT2D eigenvalue weighted by Crippen LogP contribution is 2.33. The number of nitrogens with zero attached hydrogens (tertiary/aromatic N) is 2. The number of amides is 2. The molecule has 0 aromatic heterocycles. The molecule has 1 N–H and O–H groups in total. The van der Waals surface area contributed by atoms with E-state index in [1.165, 1.54) is 29.2 Å². The van der Waals surface area contributed by atoms with E-state index in [4.69, 9.17) is 27.9 Å². The van der Waals surface area contributed by atoms with Crippen molar-refractivity contribution < 1.29 is 22.7 Å². The number of rotatable bonds is 12. The van der Waals surface area contributed by atoms with Crippen LogP contribution in [0, 0.1) is 0 Å². The van der Waals surface area contributed by atoms with Crippen LogP contribution in [0.4, 0.5) is 5.69 Å². The zero-order valence-electron chi connectivity index (χ0n) is 22.8. The fraction of sp³-hybridized carbons (Fsp3) is 0.310. The molecule has 0 fully saturated rings. The maximum Gasteiger partial charge on any atom is 0.264 e. The molecular formula is C29H33Cl2N3O5S. The number of anilines is 1. The first kappa shape index (κ1) is 31.3. The summed E-state index contributed by atoms with van der Waals surface area (Å²) in [4.78, 5) is 28.3. The van der Waals surface area contributed by atoms with Crippen LogP contribution in [0.2, 0.25) is 10.0 Å². The van der Waals surface area contributed by atoms with Crippen molar-refractivity contribution in [2.24, 2.45) is 0 Å². The second-order valence-corrected chi connectivity index (χ2v) is 12.1. The molecule has 0 saturated heterocycles. The third-order valence-corrected chi connectivity index (χ3v) is 8.22. The van der Waals surface area contributed by atoms with E-state index in [2.05, 4.69) is 5.32 Å². The molecule has 0 radical (unpaired) electrons. The first-order chi connectivity index (χ1) is 18.9. The molecule has 3 aromatic rings. The van der Waals surface area contributed by atoms with Crippen LogP contribution in [-0.4, -0.2) is 50.4 Å². The fourth-order valence-electron chi connectivity index (χ4n) is 4.01. The SMILES string of the molecule is CCOc1ccccc1N(CC(=O)N(Cc1cccc(Cl)c1)[C@H](C)C(=O)NC(C)C)S(=O)(=O)c1ccc(Cl)cc1. The Morgan fingerprint density at radius 3 is 2.23 bits per heavy atom. The van der Waals surface area contributed by atoms with E-state index in [0.717, 1.165) is 4.31 Å². The molecule has 214 valence electrons. The molecule has 0 bridgehead atoms. The average molecular weight is 607 g/mol. The van der Waals surface area contributed by atoms with Gasteiger partial charge in [0, 0.05) is 22.6 Å². The van der Waals surface area contributed by atoms with Crippen molar-refractivity contribution >= 4 is 50.7 Å². The maximum atomic E-state index is 14.0. The summed E-state index contributed by atoms with van der Waals surface area (Å²) in [6, 6.07) is 18.1. The van der Waals surface area contributed by atoms with Crippen LogP contribution in [0.25, 0.3) is 0 Å². The number of carbonyl (C=O) groups excluding carboxylic acids is 2. The lowest BCUT2D eigenvalue weighted by Crippen LogP contribution is -2.52. The van der Waals surface area contributed by atoms with Crippen molar-refractivity contribution in [1.29, 1.82) is 0 Å². The van der Waals surface area contributed by atoms with Gasteiger partial charge in [-0.25, -0.2) is 8.42 Å². The minimum atomic E-state index is -4.26. The molecule has 3 aromatic carbocycles. The summed E-state index contributed by atoms with van der Waals surface area (Å²) in [6.45, 7) is 6.75. The molecule has 2 amide bonds. The first-order valence-electron chi connectivity index (χ1n) is 12.8. The van der Waals surface area contributed by atoms with E-state index < -0.39 is 28.5 Å². The van der Waals surface area contributed by atoms with Crippen molar-refractivity contribution in [3.63, 3.8) is 0 Å². The van der Waals surface area contributed by atoms with Crippen LogP contribution in [-0.2, 0) is 26.2 Å². The van der Waals surface area contributed by atoms with Crippen LogP contribution in [0.15, 0.2) is 77.7 Å².